The molecule has 2 saturated carbocycles. The van der Waals surface area contributed by atoms with E-state index >= 15 is 0 Å². The van der Waals surface area contributed by atoms with Crippen LogP contribution in [0.1, 0.15) is 66.7 Å². The van der Waals surface area contributed by atoms with Gasteiger partial charge in [0, 0.05) is 12.6 Å². The van der Waals surface area contributed by atoms with E-state index < -0.39 is 0 Å². The summed E-state index contributed by atoms with van der Waals surface area (Å²) in [5, 5.41) is 3.47. The molecule has 0 radical (unpaired) electrons. The largest absolute Gasteiger partial charge is 0.378 e. The minimum absolute atomic E-state index is 0.422. The summed E-state index contributed by atoms with van der Waals surface area (Å²) in [5.74, 6) is 0.892. The first-order valence-electron chi connectivity index (χ1n) is 8.26. The summed E-state index contributed by atoms with van der Waals surface area (Å²) in [6.45, 7) is 13.8. The van der Waals surface area contributed by atoms with Crippen molar-refractivity contribution in [1.82, 2.24) is 5.32 Å². The molecular weight excluding hydrogens is 234 g/mol. The molecular formula is C17H33NO. The highest BCUT2D eigenvalue weighted by molar-refractivity contribution is 5.11. The highest BCUT2D eigenvalue weighted by Gasteiger charge is 2.61. The molecule has 2 aliphatic carbocycles. The smallest absolute Gasteiger partial charge is 0.0636 e. The van der Waals surface area contributed by atoms with Crippen molar-refractivity contribution >= 4 is 0 Å². The summed E-state index contributed by atoms with van der Waals surface area (Å²) in [7, 11) is 0. The fraction of sp³-hybridized carbons (Fsp3) is 1.00. The molecule has 1 N–H and O–H groups in total. The summed E-state index contributed by atoms with van der Waals surface area (Å²) in [6.07, 6.45) is 7.00. The number of hydrogen-bond acceptors (Lipinski definition) is 2. The Morgan fingerprint density at radius 3 is 2.58 bits per heavy atom. The quantitative estimate of drug-likeness (QED) is 0.704. The molecule has 112 valence electrons. The van der Waals surface area contributed by atoms with Crippen molar-refractivity contribution in [3.05, 3.63) is 0 Å². The van der Waals surface area contributed by atoms with Gasteiger partial charge in [-0.15, -0.1) is 0 Å². The first-order valence-corrected chi connectivity index (χ1v) is 8.26. The maximum absolute atomic E-state index is 6.28. The minimum atomic E-state index is 0.422. The molecule has 19 heavy (non-hydrogen) atoms. The van der Waals surface area contributed by atoms with Crippen LogP contribution in [0.2, 0.25) is 0 Å². The Morgan fingerprint density at radius 1 is 1.32 bits per heavy atom. The van der Waals surface area contributed by atoms with Crippen molar-refractivity contribution in [1.29, 1.82) is 0 Å². The summed E-state index contributed by atoms with van der Waals surface area (Å²) in [6, 6.07) is 0.626. The summed E-state index contributed by atoms with van der Waals surface area (Å²) in [4.78, 5) is 0. The standard InChI is InChI=1S/C17H33NO/c1-6-18-13(2)8-7-11-19-15-12-14-9-10-17(15,5)16(14,3)4/h13-15,18H,6-12H2,1-5H3. The Balaban J connectivity index is 1.74. The third-order valence-electron chi connectivity index (χ3n) is 6.37. The van der Waals surface area contributed by atoms with Crippen LogP contribution < -0.4 is 5.32 Å². The predicted molar refractivity (Wildman–Crippen MR) is 81.3 cm³/mol. The Morgan fingerprint density at radius 2 is 2.05 bits per heavy atom. The van der Waals surface area contributed by atoms with Crippen LogP contribution in [0.4, 0.5) is 0 Å². The van der Waals surface area contributed by atoms with Crippen LogP contribution in [0, 0.1) is 16.7 Å². The van der Waals surface area contributed by atoms with E-state index in [-0.39, 0.29) is 0 Å². The monoisotopic (exact) mass is 267 g/mol. The van der Waals surface area contributed by atoms with Gasteiger partial charge in [-0.3, -0.25) is 0 Å². The van der Waals surface area contributed by atoms with Gasteiger partial charge >= 0.3 is 0 Å². The van der Waals surface area contributed by atoms with Crippen LogP contribution in [0.3, 0.4) is 0 Å². The molecule has 4 atom stereocenters. The molecule has 0 amide bonds. The average Bonchev–Trinajstić information content (AvgIpc) is 2.67. The van der Waals surface area contributed by atoms with E-state index in [1.807, 2.05) is 0 Å². The molecule has 2 heteroatoms. The molecule has 0 aromatic heterocycles. The van der Waals surface area contributed by atoms with Crippen molar-refractivity contribution in [3.8, 4) is 0 Å². The van der Waals surface area contributed by atoms with Crippen LogP contribution in [0.15, 0.2) is 0 Å². The SMILES string of the molecule is CCNC(C)CCCOC1CC2CCC1(C)C2(C)C. The van der Waals surface area contributed by atoms with Crippen molar-refractivity contribution < 1.29 is 4.74 Å². The van der Waals surface area contributed by atoms with Gasteiger partial charge in [0.1, 0.15) is 0 Å². The van der Waals surface area contributed by atoms with Crippen LogP contribution in [0.25, 0.3) is 0 Å². The Kier molecular flexibility index (Phi) is 4.62. The molecule has 0 heterocycles. The number of hydrogen-bond donors (Lipinski definition) is 1. The van der Waals surface area contributed by atoms with Gasteiger partial charge in [-0.1, -0.05) is 27.7 Å². The third-order valence-corrected chi connectivity index (χ3v) is 6.37. The van der Waals surface area contributed by atoms with E-state index in [1.54, 1.807) is 0 Å². The molecule has 2 rings (SSSR count). The van der Waals surface area contributed by atoms with Gasteiger partial charge in [0.25, 0.3) is 0 Å². The highest BCUT2D eigenvalue weighted by atomic mass is 16.5. The minimum Gasteiger partial charge on any atom is -0.378 e. The van der Waals surface area contributed by atoms with E-state index in [9.17, 15) is 0 Å². The van der Waals surface area contributed by atoms with Crippen molar-refractivity contribution in [2.45, 2.75) is 78.9 Å². The van der Waals surface area contributed by atoms with Gasteiger partial charge < -0.3 is 10.1 Å². The van der Waals surface area contributed by atoms with E-state index in [2.05, 4.69) is 39.9 Å². The summed E-state index contributed by atoms with van der Waals surface area (Å²) in [5.41, 5.74) is 0.902. The Bertz CT molecular complexity index is 302. The van der Waals surface area contributed by atoms with E-state index in [0.29, 0.717) is 23.0 Å². The van der Waals surface area contributed by atoms with Crippen molar-refractivity contribution in [2.75, 3.05) is 13.2 Å². The molecule has 0 saturated heterocycles. The van der Waals surface area contributed by atoms with Gasteiger partial charge in [-0.05, 0) is 62.3 Å². The fourth-order valence-corrected chi connectivity index (χ4v) is 4.45. The number of ether oxygens (including phenoxy) is 1. The summed E-state index contributed by atoms with van der Waals surface area (Å²) >= 11 is 0. The zero-order valence-electron chi connectivity index (χ0n) is 13.6. The third kappa shape index (κ3) is 2.71. The van der Waals surface area contributed by atoms with Crippen molar-refractivity contribution in [3.63, 3.8) is 0 Å². The van der Waals surface area contributed by atoms with Crippen molar-refractivity contribution in [2.24, 2.45) is 16.7 Å². The average molecular weight is 267 g/mol. The van der Waals surface area contributed by atoms with Gasteiger partial charge in [-0.2, -0.15) is 0 Å². The second-order valence-electron chi connectivity index (χ2n) is 7.57. The maximum atomic E-state index is 6.28. The molecule has 4 unspecified atom stereocenters. The molecule has 2 bridgehead atoms. The summed E-state index contributed by atoms with van der Waals surface area (Å²) < 4.78 is 6.28. The maximum Gasteiger partial charge on any atom is 0.0636 e. The number of fused-ring (bicyclic) bond motifs is 2. The first-order chi connectivity index (χ1) is 8.91. The molecule has 0 aliphatic heterocycles. The molecule has 2 aliphatic rings. The molecule has 2 fully saturated rings. The van der Waals surface area contributed by atoms with E-state index in [0.717, 1.165) is 19.1 Å². The number of nitrogens with one attached hydrogen (secondary N) is 1. The highest BCUT2D eigenvalue weighted by Crippen LogP contribution is 2.66. The van der Waals surface area contributed by atoms with Gasteiger partial charge in [0.2, 0.25) is 0 Å². The second kappa shape index (κ2) is 5.73. The molecule has 0 aromatic carbocycles. The topological polar surface area (TPSA) is 21.3 Å². The lowest BCUT2D eigenvalue weighted by Crippen LogP contribution is -2.37. The molecule has 2 nitrogen and oxygen atoms in total. The lowest BCUT2D eigenvalue weighted by molar-refractivity contribution is -0.0477. The first kappa shape index (κ1) is 15.3. The lowest BCUT2D eigenvalue weighted by Gasteiger charge is -2.39. The molecule has 0 spiro atoms. The van der Waals surface area contributed by atoms with Gasteiger partial charge in [-0.25, -0.2) is 0 Å². The van der Waals surface area contributed by atoms with Crippen LogP contribution in [-0.4, -0.2) is 25.3 Å². The fourth-order valence-electron chi connectivity index (χ4n) is 4.45. The van der Waals surface area contributed by atoms with Crippen LogP contribution in [-0.2, 0) is 4.74 Å². The second-order valence-corrected chi connectivity index (χ2v) is 7.57. The van der Waals surface area contributed by atoms with Gasteiger partial charge in [0.15, 0.2) is 0 Å². The predicted octanol–water partition coefficient (Wildman–Crippen LogP) is 4.00. The van der Waals surface area contributed by atoms with E-state index in [4.69, 9.17) is 4.74 Å². The van der Waals surface area contributed by atoms with Crippen LogP contribution >= 0.6 is 0 Å². The zero-order chi connectivity index (χ0) is 14.1. The van der Waals surface area contributed by atoms with E-state index in [1.165, 1.54) is 32.1 Å². The van der Waals surface area contributed by atoms with Gasteiger partial charge in [0.05, 0.1) is 6.10 Å². The Labute approximate surface area is 119 Å². The lowest BCUT2D eigenvalue weighted by atomic mass is 9.70. The van der Waals surface area contributed by atoms with Crippen LogP contribution in [0.5, 0.6) is 0 Å². The number of rotatable bonds is 7. The molecule has 0 aromatic rings. The Hall–Kier alpha value is -0.0800. The normalized spacial score (nSPS) is 37.7. The zero-order valence-corrected chi connectivity index (χ0v) is 13.6.